The monoisotopic (exact) mass is 244 g/mol. The Morgan fingerprint density at radius 1 is 1.22 bits per heavy atom. The second-order valence-electron chi connectivity index (χ2n) is 3.98. The Hall–Kier alpha value is -1.91. The molecule has 94 valence electrons. The molecule has 1 atom stereocenters. The van der Waals surface area contributed by atoms with Gasteiger partial charge in [-0.05, 0) is 17.7 Å². The van der Waals surface area contributed by atoms with Crippen LogP contribution in [0.3, 0.4) is 0 Å². The van der Waals surface area contributed by atoms with Crippen LogP contribution in [0.25, 0.3) is 0 Å². The van der Waals surface area contributed by atoms with Crippen LogP contribution in [-0.4, -0.2) is 23.7 Å². The normalized spacial score (nSPS) is 13.9. The van der Waals surface area contributed by atoms with Crippen LogP contribution in [0.4, 0.5) is 0 Å². The lowest BCUT2D eigenvalue weighted by Crippen LogP contribution is -2.37. The fourth-order valence-corrected chi connectivity index (χ4v) is 1.93. The minimum absolute atomic E-state index is 0.0321. The second-order valence-corrected chi connectivity index (χ2v) is 3.98. The number of ether oxygens (including phenoxy) is 1. The summed E-state index contributed by atoms with van der Waals surface area (Å²) in [7, 11) is 1.54. The van der Waals surface area contributed by atoms with Gasteiger partial charge in [0.25, 0.3) is 0 Å². The molecule has 1 aromatic heterocycles. The summed E-state index contributed by atoms with van der Waals surface area (Å²) in [6, 6.07) is 12.7. The van der Waals surface area contributed by atoms with Gasteiger partial charge in [0.15, 0.2) is 0 Å². The molecule has 0 aliphatic carbocycles. The van der Waals surface area contributed by atoms with E-state index in [1.165, 1.54) is 0 Å². The maximum Gasteiger partial charge on any atom is 0.147 e. The van der Waals surface area contributed by atoms with Gasteiger partial charge in [-0.25, -0.2) is 0 Å². The molecule has 0 aliphatic rings. The van der Waals surface area contributed by atoms with E-state index in [0.717, 1.165) is 0 Å². The summed E-state index contributed by atoms with van der Waals surface area (Å²) >= 11 is 0. The van der Waals surface area contributed by atoms with Crippen molar-refractivity contribution < 1.29 is 9.84 Å². The van der Waals surface area contributed by atoms with Gasteiger partial charge in [0, 0.05) is 12.7 Å². The van der Waals surface area contributed by atoms with E-state index >= 15 is 0 Å². The lowest BCUT2D eigenvalue weighted by atomic mass is 9.89. The lowest BCUT2D eigenvalue weighted by molar-refractivity contribution is 0.0822. The van der Waals surface area contributed by atoms with Crippen LogP contribution >= 0.6 is 0 Å². The van der Waals surface area contributed by atoms with Gasteiger partial charge >= 0.3 is 0 Å². The van der Waals surface area contributed by atoms with Crippen LogP contribution in [0.1, 0.15) is 11.3 Å². The Morgan fingerprint density at radius 3 is 2.56 bits per heavy atom. The van der Waals surface area contributed by atoms with E-state index in [1.54, 1.807) is 25.4 Å². The van der Waals surface area contributed by atoms with Gasteiger partial charge in [-0.15, -0.1) is 0 Å². The molecule has 0 spiro atoms. The van der Waals surface area contributed by atoms with Crippen molar-refractivity contribution in [2.45, 2.75) is 5.60 Å². The minimum atomic E-state index is -1.34. The van der Waals surface area contributed by atoms with Crippen molar-refractivity contribution in [2.24, 2.45) is 5.73 Å². The standard InChI is InChI=1S/C14H16N2O2/c1-18-12-8-5-9-16-13(12)14(17,10-15)11-6-3-2-4-7-11/h2-9,17H,10,15H2,1H3. The van der Waals surface area contributed by atoms with Gasteiger partial charge < -0.3 is 15.6 Å². The zero-order valence-corrected chi connectivity index (χ0v) is 10.2. The zero-order chi connectivity index (χ0) is 13.0. The van der Waals surface area contributed by atoms with Crippen LogP contribution in [0.5, 0.6) is 5.75 Å². The van der Waals surface area contributed by atoms with E-state index in [1.807, 2.05) is 30.3 Å². The number of hydrogen-bond donors (Lipinski definition) is 2. The summed E-state index contributed by atoms with van der Waals surface area (Å²) in [5.41, 5.74) is 5.54. The number of benzene rings is 1. The van der Waals surface area contributed by atoms with E-state index < -0.39 is 5.60 Å². The predicted octanol–water partition coefficient (Wildman–Crippen LogP) is 1.28. The van der Waals surface area contributed by atoms with Crippen molar-refractivity contribution in [3.63, 3.8) is 0 Å². The number of aliphatic hydroxyl groups is 1. The summed E-state index contributed by atoms with van der Waals surface area (Å²) in [4.78, 5) is 4.21. The maximum absolute atomic E-state index is 10.8. The van der Waals surface area contributed by atoms with Gasteiger partial charge in [0.1, 0.15) is 17.0 Å². The molecule has 1 aromatic carbocycles. The van der Waals surface area contributed by atoms with E-state index in [2.05, 4.69) is 4.98 Å². The fraction of sp³-hybridized carbons (Fsp3) is 0.214. The Balaban J connectivity index is 2.57. The molecule has 0 aliphatic heterocycles. The highest BCUT2D eigenvalue weighted by Crippen LogP contribution is 2.32. The van der Waals surface area contributed by atoms with Gasteiger partial charge in [0.05, 0.1) is 7.11 Å². The Morgan fingerprint density at radius 2 is 1.94 bits per heavy atom. The Labute approximate surface area is 106 Å². The smallest absolute Gasteiger partial charge is 0.147 e. The van der Waals surface area contributed by atoms with Crippen molar-refractivity contribution in [1.29, 1.82) is 0 Å². The summed E-state index contributed by atoms with van der Waals surface area (Å²) in [5, 5.41) is 10.8. The van der Waals surface area contributed by atoms with Crippen LogP contribution in [0.15, 0.2) is 48.7 Å². The largest absolute Gasteiger partial charge is 0.495 e. The van der Waals surface area contributed by atoms with Crippen molar-refractivity contribution in [3.8, 4) is 5.75 Å². The quantitative estimate of drug-likeness (QED) is 0.850. The van der Waals surface area contributed by atoms with E-state index in [0.29, 0.717) is 17.0 Å². The highest BCUT2D eigenvalue weighted by Gasteiger charge is 2.34. The number of nitrogens with two attached hydrogens (primary N) is 1. The molecule has 18 heavy (non-hydrogen) atoms. The molecule has 0 amide bonds. The highest BCUT2D eigenvalue weighted by molar-refractivity contribution is 5.40. The van der Waals surface area contributed by atoms with E-state index in [4.69, 9.17) is 10.5 Å². The first-order valence-corrected chi connectivity index (χ1v) is 5.70. The Bertz CT molecular complexity index is 516. The molecule has 4 nitrogen and oxygen atoms in total. The molecular weight excluding hydrogens is 228 g/mol. The number of nitrogens with zero attached hydrogens (tertiary/aromatic N) is 1. The molecule has 0 bridgehead atoms. The molecular formula is C14H16N2O2. The molecule has 0 radical (unpaired) electrons. The number of methoxy groups -OCH3 is 1. The first-order chi connectivity index (χ1) is 8.72. The van der Waals surface area contributed by atoms with Crippen LogP contribution < -0.4 is 10.5 Å². The van der Waals surface area contributed by atoms with Crippen LogP contribution in [0, 0.1) is 0 Å². The van der Waals surface area contributed by atoms with E-state index in [-0.39, 0.29) is 6.54 Å². The average Bonchev–Trinajstić information content (AvgIpc) is 2.47. The third kappa shape index (κ3) is 2.08. The van der Waals surface area contributed by atoms with Gasteiger partial charge in [-0.3, -0.25) is 4.98 Å². The lowest BCUT2D eigenvalue weighted by Gasteiger charge is -2.27. The molecule has 2 rings (SSSR count). The van der Waals surface area contributed by atoms with E-state index in [9.17, 15) is 5.11 Å². The number of aromatic nitrogens is 1. The van der Waals surface area contributed by atoms with Crippen LogP contribution in [-0.2, 0) is 5.60 Å². The third-order valence-corrected chi connectivity index (χ3v) is 2.93. The topological polar surface area (TPSA) is 68.4 Å². The Kier molecular flexibility index (Phi) is 3.60. The molecule has 0 fully saturated rings. The van der Waals surface area contributed by atoms with Crippen molar-refractivity contribution in [2.75, 3.05) is 13.7 Å². The zero-order valence-electron chi connectivity index (χ0n) is 10.2. The highest BCUT2D eigenvalue weighted by atomic mass is 16.5. The predicted molar refractivity (Wildman–Crippen MR) is 69.3 cm³/mol. The van der Waals surface area contributed by atoms with Crippen molar-refractivity contribution in [3.05, 3.63) is 59.9 Å². The van der Waals surface area contributed by atoms with Crippen molar-refractivity contribution >= 4 is 0 Å². The molecule has 1 heterocycles. The molecule has 0 saturated carbocycles. The van der Waals surface area contributed by atoms with Crippen LogP contribution in [0.2, 0.25) is 0 Å². The number of hydrogen-bond acceptors (Lipinski definition) is 4. The maximum atomic E-state index is 10.8. The SMILES string of the molecule is COc1cccnc1C(O)(CN)c1ccccc1. The van der Waals surface area contributed by atoms with Crippen molar-refractivity contribution in [1.82, 2.24) is 4.98 Å². The number of rotatable bonds is 4. The average molecular weight is 244 g/mol. The first kappa shape index (κ1) is 12.5. The summed E-state index contributed by atoms with van der Waals surface area (Å²) in [5.74, 6) is 0.523. The second kappa shape index (κ2) is 5.16. The molecule has 3 N–H and O–H groups in total. The summed E-state index contributed by atoms with van der Waals surface area (Å²) in [6.45, 7) is 0.0321. The summed E-state index contributed by atoms with van der Waals surface area (Å²) < 4.78 is 5.24. The molecule has 1 unspecified atom stereocenters. The minimum Gasteiger partial charge on any atom is -0.495 e. The molecule has 2 aromatic rings. The van der Waals surface area contributed by atoms with Gasteiger partial charge in [-0.2, -0.15) is 0 Å². The first-order valence-electron chi connectivity index (χ1n) is 5.70. The molecule has 4 heteroatoms. The summed E-state index contributed by atoms with van der Waals surface area (Å²) in [6.07, 6.45) is 1.61. The van der Waals surface area contributed by atoms with Gasteiger partial charge in [-0.1, -0.05) is 30.3 Å². The molecule has 0 saturated heterocycles. The third-order valence-electron chi connectivity index (χ3n) is 2.93. The number of pyridine rings is 1. The fourth-order valence-electron chi connectivity index (χ4n) is 1.93. The van der Waals surface area contributed by atoms with Gasteiger partial charge in [0.2, 0.25) is 0 Å².